The van der Waals surface area contributed by atoms with Gasteiger partial charge in [-0.05, 0) is 25.5 Å². The zero-order chi connectivity index (χ0) is 18.1. The molecule has 0 spiro atoms. The number of nitrogens with zero attached hydrogens (tertiary/aromatic N) is 2. The standard InChI is InChI=1S/C18H20N4O2S2/c1-11-7-13-8-26-17(21-15(23)12-5-3-2-4-6-12)22-18(13,10-24-11)16-20-14(19)9-25-16/h2-6,9,11,13H,7-8,10,19H2,1H3,(H,21,22,23). The summed E-state index contributed by atoms with van der Waals surface area (Å²) in [4.78, 5) is 21.9. The van der Waals surface area contributed by atoms with Crippen molar-refractivity contribution < 1.29 is 9.53 Å². The third-order valence-electron chi connectivity index (χ3n) is 4.75. The summed E-state index contributed by atoms with van der Waals surface area (Å²) in [5, 5.41) is 6.25. The number of nitrogens with one attached hydrogen (secondary N) is 1. The SMILES string of the molecule is CC1CC2CSC(NC(=O)c3ccccc3)=NC2(c2nc(N)cs2)CO1. The largest absolute Gasteiger partial charge is 0.383 e. The zero-order valence-corrected chi connectivity index (χ0v) is 16.0. The molecule has 0 bridgehead atoms. The van der Waals surface area contributed by atoms with E-state index >= 15 is 0 Å². The topological polar surface area (TPSA) is 89.6 Å². The average Bonchev–Trinajstić information content (AvgIpc) is 3.09. The van der Waals surface area contributed by atoms with Crippen LogP contribution in [0.15, 0.2) is 40.7 Å². The Balaban J connectivity index is 1.65. The van der Waals surface area contributed by atoms with Crippen LogP contribution in [0.25, 0.3) is 0 Å². The van der Waals surface area contributed by atoms with Crippen LogP contribution in [0.2, 0.25) is 0 Å². The fraction of sp³-hybridized carbons (Fsp3) is 0.389. The number of thiazole rings is 1. The molecule has 0 saturated carbocycles. The highest BCUT2D eigenvalue weighted by molar-refractivity contribution is 8.13. The number of ether oxygens (including phenoxy) is 1. The average molecular weight is 389 g/mol. The van der Waals surface area contributed by atoms with Crippen molar-refractivity contribution in [2.24, 2.45) is 10.9 Å². The number of aromatic nitrogens is 1. The van der Waals surface area contributed by atoms with E-state index in [2.05, 4.69) is 17.2 Å². The van der Waals surface area contributed by atoms with Crippen LogP contribution in [0.4, 0.5) is 5.82 Å². The van der Waals surface area contributed by atoms with Gasteiger partial charge in [-0.2, -0.15) is 0 Å². The number of carbonyl (C=O) groups excluding carboxylic acids is 1. The summed E-state index contributed by atoms with van der Waals surface area (Å²) in [5.41, 5.74) is 5.90. The number of nitrogen functional groups attached to an aromatic ring is 1. The lowest BCUT2D eigenvalue weighted by Gasteiger charge is -2.44. The maximum atomic E-state index is 12.5. The van der Waals surface area contributed by atoms with Gasteiger partial charge in [-0.15, -0.1) is 11.3 Å². The quantitative estimate of drug-likeness (QED) is 0.826. The molecule has 1 amide bonds. The molecular formula is C18H20N4O2S2. The molecule has 136 valence electrons. The second kappa shape index (κ2) is 7.02. The number of fused-ring (bicyclic) bond motifs is 1. The fourth-order valence-corrected chi connectivity index (χ4v) is 5.45. The first kappa shape index (κ1) is 17.5. The first-order valence-corrected chi connectivity index (χ1v) is 10.4. The van der Waals surface area contributed by atoms with E-state index in [9.17, 15) is 4.79 Å². The number of thioether (sulfide) groups is 1. The molecule has 1 aromatic carbocycles. The summed E-state index contributed by atoms with van der Waals surface area (Å²) in [6.07, 6.45) is 1.11. The minimum atomic E-state index is -0.570. The van der Waals surface area contributed by atoms with Crippen molar-refractivity contribution in [2.45, 2.75) is 25.0 Å². The zero-order valence-electron chi connectivity index (χ0n) is 14.3. The molecule has 2 aromatic rings. The van der Waals surface area contributed by atoms with Gasteiger partial charge in [0.2, 0.25) is 0 Å². The Hall–Kier alpha value is -1.90. The van der Waals surface area contributed by atoms with E-state index in [1.54, 1.807) is 23.9 Å². The third kappa shape index (κ3) is 3.24. The van der Waals surface area contributed by atoms with Crippen molar-refractivity contribution in [2.75, 3.05) is 18.1 Å². The predicted octanol–water partition coefficient (Wildman–Crippen LogP) is 2.88. The molecule has 0 aliphatic carbocycles. The van der Waals surface area contributed by atoms with Gasteiger partial charge in [-0.3, -0.25) is 4.79 Å². The summed E-state index contributed by atoms with van der Waals surface area (Å²) in [6, 6.07) is 9.15. The number of aliphatic imine (C=N–C) groups is 1. The van der Waals surface area contributed by atoms with Crippen molar-refractivity contribution in [1.29, 1.82) is 0 Å². The fourth-order valence-electron chi connectivity index (χ4n) is 3.37. The monoisotopic (exact) mass is 388 g/mol. The lowest BCUT2D eigenvalue weighted by Crippen LogP contribution is -2.50. The summed E-state index contributed by atoms with van der Waals surface area (Å²) in [6.45, 7) is 2.54. The molecule has 3 atom stereocenters. The molecule has 8 heteroatoms. The number of amides is 1. The number of rotatable bonds is 2. The van der Waals surface area contributed by atoms with Crippen LogP contribution in [0, 0.1) is 5.92 Å². The minimum Gasteiger partial charge on any atom is -0.383 e. The lowest BCUT2D eigenvalue weighted by molar-refractivity contribution is -0.0466. The molecule has 6 nitrogen and oxygen atoms in total. The Morgan fingerprint density at radius 2 is 2.19 bits per heavy atom. The van der Waals surface area contributed by atoms with E-state index in [4.69, 9.17) is 15.5 Å². The Labute approximate surface area is 160 Å². The Morgan fingerprint density at radius 1 is 1.38 bits per heavy atom. The minimum absolute atomic E-state index is 0.158. The van der Waals surface area contributed by atoms with E-state index < -0.39 is 5.54 Å². The van der Waals surface area contributed by atoms with Gasteiger partial charge in [0.05, 0.1) is 12.7 Å². The smallest absolute Gasteiger partial charge is 0.257 e. The van der Waals surface area contributed by atoms with Crippen LogP contribution in [0.5, 0.6) is 0 Å². The van der Waals surface area contributed by atoms with Gasteiger partial charge in [0.1, 0.15) is 16.4 Å². The van der Waals surface area contributed by atoms with Crippen molar-refractivity contribution in [3.8, 4) is 0 Å². The maximum Gasteiger partial charge on any atom is 0.257 e. The van der Waals surface area contributed by atoms with E-state index in [-0.39, 0.29) is 12.0 Å². The molecule has 3 unspecified atom stereocenters. The Kier molecular flexibility index (Phi) is 4.73. The molecule has 2 aliphatic heterocycles. The van der Waals surface area contributed by atoms with Crippen LogP contribution in [0.3, 0.4) is 0 Å². The molecule has 4 rings (SSSR count). The molecule has 1 saturated heterocycles. The lowest BCUT2D eigenvalue weighted by atomic mass is 9.80. The van der Waals surface area contributed by atoms with Gasteiger partial charge >= 0.3 is 0 Å². The number of benzene rings is 1. The molecular weight excluding hydrogens is 368 g/mol. The van der Waals surface area contributed by atoms with Crippen LogP contribution >= 0.6 is 23.1 Å². The second-order valence-corrected chi connectivity index (χ2v) is 8.47. The van der Waals surface area contributed by atoms with Crippen LogP contribution in [-0.4, -0.2) is 34.5 Å². The highest BCUT2D eigenvalue weighted by atomic mass is 32.2. The Bertz CT molecular complexity index is 839. The number of hydrogen-bond donors (Lipinski definition) is 2. The van der Waals surface area contributed by atoms with Gasteiger partial charge in [-0.25, -0.2) is 9.98 Å². The van der Waals surface area contributed by atoms with Crippen molar-refractivity contribution in [1.82, 2.24) is 10.3 Å². The van der Waals surface area contributed by atoms with Gasteiger partial charge < -0.3 is 15.8 Å². The van der Waals surface area contributed by atoms with Crippen molar-refractivity contribution in [3.05, 3.63) is 46.3 Å². The molecule has 0 radical (unpaired) electrons. The predicted molar refractivity (Wildman–Crippen MR) is 106 cm³/mol. The normalized spacial score (nSPS) is 28.1. The number of carbonyl (C=O) groups is 1. The highest BCUT2D eigenvalue weighted by Crippen LogP contribution is 2.47. The third-order valence-corrected chi connectivity index (χ3v) is 6.81. The number of anilines is 1. The van der Waals surface area contributed by atoms with Crippen LogP contribution < -0.4 is 11.1 Å². The van der Waals surface area contributed by atoms with E-state index in [1.807, 2.05) is 23.6 Å². The van der Waals surface area contributed by atoms with Gasteiger partial charge in [0, 0.05) is 22.6 Å². The highest BCUT2D eigenvalue weighted by Gasteiger charge is 2.49. The number of nitrogens with two attached hydrogens (primary N) is 1. The van der Waals surface area contributed by atoms with Crippen LogP contribution in [-0.2, 0) is 10.3 Å². The van der Waals surface area contributed by atoms with Gasteiger partial charge in [0.15, 0.2) is 5.17 Å². The number of hydrogen-bond acceptors (Lipinski definition) is 7. The summed E-state index contributed by atoms with van der Waals surface area (Å²) < 4.78 is 5.95. The summed E-state index contributed by atoms with van der Waals surface area (Å²) in [7, 11) is 0. The molecule has 26 heavy (non-hydrogen) atoms. The molecule has 3 heterocycles. The van der Waals surface area contributed by atoms with E-state index in [1.165, 1.54) is 11.3 Å². The van der Waals surface area contributed by atoms with E-state index in [0.29, 0.717) is 29.1 Å². The molecule has 2 aliphatic rings. The number of amidine groups is 1. The summed E-state index contributed by atoms with van der Waals surface area (Å²) in [5.74, 6) is 1.51. The summed E-state index contributed by atoms with van der Waals surface area (Å²) >= 11 is 3.09. The molecule has 3 N–H and O–H groups in total. The molecule has 1 fully saturated rings. The first-order valence-electron chi connectivity index (χ1n) is 8.49. The van der Waals surface area contributed by atoms with Crippen molar-refractivity contribution >= 4 is 40.0 Å². The van der Waals surface area contributed by atoms with Crippen molar-refractivity contribution in [3.63, 3.8) is 0 Å². The Morgan fingerprint density at radius 3 is 2.92 bits per heavy atom. The van der Waals surface area contributed by atoms with E-state index in [0.717, 1.165) is 17.2 Å². The maximum absolute atomic E-state index is 12.5. The van der Waals surface area contributed by atoms with Crippen LogP contribution in [0.1, 0.15) is 28.7 Å². The van der Waals surface area contributed by atoms with Gasteiger partial charge in [-0.1, -0.05) is 30.0 Å². The first-order chi connectivity index (χ1) is 12.6. The molecule has 1 aromatic heterocycles. The second-order valence-electron chi connectivity index (χ2n) is 6.60. The van der Waals surface area contributed by atoms with Gasteiger partial charge in [0.25, 0.3) is 5.91 Å².